The minimum atomic E-state index is -0.441. The van der Waals surface area contributed by atoms with Crippen molar-refractivity contribution in [2.75, 3.05) is 18.5 Å². The number of nitro groups is 1. The van der Waals surface area contributed by atoms with Gasteiger partial charge in [0.1, 0.15) is 5.75 Å². The molecule has 0 aliphatic carbocycles. The molecule has 0 aromatic heterocycles. The van der Waals surface area contributed by atoms with Gasteiger partial charge in [-0.05, 0) is 20.8 Å². The Kier molecular flexibility index (Phi) is 4.49. The highest BCUT2D eigenvalue weighted by Gasteiger charge is 2.17. The molecule has 18 heavy (non-hydrogen) atoms. The molecule has 6 heteroatoms. The van der Waals surface area contributed by atoms with Gasteiger partial charge in [-0.2, -0.15) is 0 Å². The molecule has 1 aromatic carbocycles. The van der Waals surface area contributed by atoms with Crippen LogP contribution in [0, 0.1) is 10.1 Å². The van der Waals surface area contributed by atoms with Crippen LogP contribution in [0.1, 0.15) is 20.8 Å². The first-order valence-electron chi connectivity index (χ1n) is 5.78. The fraction of sp³-hybridized carbons (Fsp3) is 0.500. The average Bonchev–Trinajstić information content (AvgIpc) is 2.28. The second-order valence-corrected chi connectivity index (χ2v) is 4.62. The number of hydrogen-bond acceptors (Lipinski definition) is 5. The van der Waals surface area contributed by atoms with Crippen molar-refractivity contribution in [2.45, 2.75) is 26.3 Å². The standard InChI is InChI=1S/C12H19N3O3/c1-4-18-11-6-9(14-12(2,3)8-13)5-10(7-11)15(16)17/h5-7,14H,4,8,13H2,1-3H3. The fourth-order valence-corrected chi connectivity index (χ4v) is 1.45. The first kappa shape index (κ1) is 14.2. The summed E-state index contributed by atoms with van der Waals surface area (Å²) in [5.41, 5.74) is 5.91. The van der Waals surface area contributed by atoms with Gasteiger partial charge in [0.15, 0.2) is 0 Å². The van der Waals surface area contributed by atoms with Crippen LogP contribution in [0.2, 0.25) is 0 Å². The molecule has 6 nitrogen and oxygen atoms in total. The predicted octanol–water partition coefficient (Wildman–Crippen LogP) is 2.14. The van der Waals surface area contributed by atoms with Gasteiger partial charge in [0.05, 0.1) is 17.6 Å². The zero-order valence-corrected chi connectivity index (χ0v) is 10.9. The maximum Gasteiger partial charge on any atom is 0.275 e. The van der Waals surface area contributed by atoms with E-state index in [1.807, 2.05) is 20.8 Å². The molecule has 0 amide bonds. The van der Waals surface area contributed by atoms with Gasteiger partial charge >= 0.3 is 0 Å². The number of hydrogen-bond donors (Lipinski definition) is 2. The molecule has 0 saturated heterocycles. The molecule has 0 spiro atoms. The third-order valence-corrected chi connectivity index (χ3v) is 2.41. The summed E-state index contributed by atoms with van der Waals surface area (Å²) in [6.07, 6.45) is 0. The molecule has 0 bridgehead atoms. The van der Waals surface area contributed by atoms with Crippen molar-refractivity contribution < 1.29 is 9.66 Å². The van der Waals surface area contributed by atoms with E-state index < -0.39 is 4.92 Å². The molecule has 1 aromatic rings. The monoisotopic (exact) mass is 253 g/mol. The summed E-state index contributed by atoms with van der Waals surface area (Å²) in [6, 6.07) is 4.61. The van der Waals surface area contributed by atoms with Crippen molar-refractivity contribution in [1.82, 2.24) is 0 Å². The Bertz CT molecular complexity index is 433. The van der Waals surface area contributed by atoms with Crippen LogP contribution in [0.5, 0.6) is 5.75 Å². The highest BCUT2D eigenvalue weighted by atomic mass is 16.6. The Hall–Kier alpha value is -1.82. The molecule has 0 aliphatic heterocycles. The van der Waals surface area contributed by atoms with Gasteiger partial charge in [-0.1, -0.05) is 0 Å². The normalized spacial score (nSPS) is 11.1. The number of nitrogens with one attached hydrogen (secondary N) is 1. The molecule has 0 heterocycles. The topological polar surface area (TPSA) is 90.4 Å². The smallest absolute Gasteiger partial charge is 0.275 e. The summed E-state index contributed by atoms with van der Waals surface area (Å²) >= 11 is 0. The van der Waals surface area contributed by atoms with E-state index >= 15 is 0 Å². The Labute approximate surface area is 106 Å². The molecule has 0 saturated carbocycles. The SMILES string of the molecule is CCOc1cc(NC(C)(C)CN)cc([N+](=O)[O-])c1. The number of rotatable bonds is 6. The van der Waals surface area contributed by atoms with Crippen LogP contribution in [0.4, 0.5) is 11.4 Å². The van der Waals surface area contributed by atoms with Gasteiger partial charge in [-0.3, -0.25) is 10.1 Å². The van der Waals surface area contributed by atoms with E-state index in [2.05, 4.69) is 5.32 Å². The third kappa shape index (κ3) is 3.89. The first-order valence-corrected chi connectivity index (χ1v) is 5.78. The van der Waals surface area contributed by atoms with E-state index in [1.165, 1.54) is 12.1 Å². The van der Waals surface area contributed by atoms with Crippen molar-refractivity contribution in [1.29, 1.82) is 0 Å². The van der Waals surface area contributed by atoms with Crippen molar-refractivity contribution in [3.8, 4) is 5.75 Å². The van der Waals surface area contributed by atoms with Gasteiger partial charge in [0.2, 0.25) is 0 Å². The third-order valence-electron chi connectivity index (χ3n) is 2.41. The quantitative estimate of drug-likeness (QED) is 0.598. The summed E-state index contributed by atoms with van der Waals surface area (Å²) < 4.78 is 5.31. The van der Waals surface area contributed by atoms with Gasteiger partial charge in [0, 0.05) is 29.9 Å². The number of nitrogens with zero attached hydrogens (tertiary/aromatic N) is 1. The van der Waals surface area contributed by atoms with E-state index in [4.69, 9.17) is 10.5 Å². The molecule has 0 radical (unpaired) electrons. The van der Waals surface area contributed by atoms with Crippen molar-refractivity contribution in [3.05, 3.63) is 28.3 Å². The Balaban J connectivity index is 3.06. The molecule has 0 atom stereocenters. The minimum absolute atomic E-state index is 0.00345. The molecule has 100 valence electrons. The van der Waals surface area contributed by atoms with Crippen molar-refractivity contribution in [3.63, 3.8) is 0 Å². The number of non-ortho nitro benzene ring substituents is 1. The van der Waals surface area contributed by atoms with Crippen LogP contribution in [0.25, 0.3) is 0 Å². The zero-order chi connectivity index (χ0) is 13.8. The highest BCUT2D eigenvalue weighted by molar-refractivity contribution is 5.57. The predicted molar refractivity (Wildman–Crippen MR) is 71.0 cm³/mol. The lowest BCUT2D eigenvalue weighted by atomic mass is 10.1. The molecular formula is C12H19N3O3. The van der Waals surface area contributed by atoms with Gasteiger partial charge in [0.25, 0.3) is 5.69 Å². The summed E-state index contributed by atoms with van der Waals surface area (Å²) in [6.45, 7) is 6.55. The van der Waals surface area contributed by atoms with Gasteiger partial charge in [-0.25, -0.2) is 0 Å². The van der Waals surface area contributed by atoms with Crippen LogP contribution in [0.3, 0.4) is 0 Å². The summed E-state index contributed by atoms with van der Waals surface area (Å²) in [5, 5.41) is 14.0. The molecular weight excluding hydrogens is 234 g/mol. The van der Waals surface area contributed by atoms with E-state index in [1.54, 1.807) is 6.07 Å². The van der Waals surface area contributed by atoms with E-state index in [0.717, 1.165) is 0 Å². The minimum Gasteiger partial charge on any atom is -0.494 e. The molecule has 0 unspecified atom stereocenters. The van der Waals surface area contributed by atoms with Gasteiger partial charge < -0.3 is 15.8 Å². The second kappa shape index (κ2) is 5.68. The molecule has 0 aliphatic rings. The van der Waals surface area contributed by atoms with Crippen LogP contribution >= 0.6 is 0 Å². The lowest BCUT2D eigenvalue weighted by Crippen LogP contribution is -2.39. The summed E-state index contributed by atoms with van der Waals surface area (Å²) in [7, 11) is 0. The summed E-state index contributed by atoms with van der Waals surface area (Å²) in [4.78, 5) is 10.4. The lowest BCUT2D eigenvalue weighted by molar-refractivity contribution is -0.384. The van der Waals surface area contributed by atoms with E-state index in [-0.39, 0.29) is 11.2 Å². The average molecular weight is 253 g/mol. The number of anilines is 1. The zero-order valence-electron chi connectivity index (χ0n) is 10.9. The Morgan fingerprint density at radius 2 is 2.11 bits per heavy atom. The summed E-state index contributed by atoms with van der Waals surface area (Å²) in [5.74, 6) is 0.474. The van der Waals surface area contributed by atoms with Crippen LogP contribution in [0.15, 0.2) is 18.2 Å². The van der Waals surface area contributed by atoms with Crippen LogP contribution < -0.4 is 15.8 Å². The van der Waals surface area contributed by atoms with Crippen molar-refractivity contribution >= 4 is 11.4 Å². The van der Waals surface area contributed by atoms with Gasteiger partial charge in [-0.15, -0.1) is 0 Å². The Morgan fingerprint density at radius 3 is 2.61 bits per heavy atom. The Morgan fingerprint density at radius 1 is 1.44 bits per heavy atom. The second-order valence-electron chi connectivity index (χ2n) is 4.62. The van der Waals surface area contributed by atoms with Crippen LogP contribution in [-0.4, -0.2) is 23.6 Å². The molecule has 1 rings (SSSR count). The first-order chi connectivity index (χ1) is 8.38. The van der Waals surface area contributed by atoms with Crippen LogP contribution in [-0.2, 0) is 0 Å². The number of ether oxygens (including phenoxy) is 1. The van der Waals surface area contributed by atoms with E-state index in [0.29, 0.717) is 24.6 Å². The largest absolute Gasteiger partial charge is 0.494 e. The number of benzene rings is 1. The number of nitrogens with two attached hydrogens (primary N) is 1. The highest BCUT2D eigenvalue weighted by Crippen LogP contribution is 2.27. The number of nitro benzene ring substituents is 1. The van der Waals surface area contributed by atoms with Crippen molar-refractivity contribution in [2.24, 2.45) is 5.73 Å². The lowest BCUT2D eigenvalue weighted by Gasteiger charge is -2.25. The maximum atomic E-state index is 10.8. The molecule has 0 fully saturated rings. The van der Waals surface area contributed by atoms with E-state index in [9.17, 15) is 10.1 Å². The fourth-order valence-electron chi connectivity index (χ4n) is 1.45. The maximum absolute atomic E-state index is 10.8. The molecule has 3 N–H and O–H groups in total.